The van der Waals surface area contributed by atoms with Crippen LogP contribution in [-0.2, 0) is 13.0 Å². The maximum atomic E-state index is 7.67. The first-order valence-corrected chi connectivity index (χ1v) is 9.34. The number of benzene rings is 1. The number of piperazine rings is 1. The summed E-state index contributed by atoms with van der Waals surface area (Å²) < 4.78 is 0. The van der Waals surface area contributed by atoms with Gasteiger partial charge in [-0.2, -0.15) is 0 Å². The molecule has 2 aromatic rings. The molecule has 0 spiro atoms. The highest BCUT2D eigenvalue weighted by Crippen LogP contribution is 2.22. The van der Waals surface area contributed by atoms with Crippen LogP contribution in [0.1, 0.15) is 11.1 Å². The van der Waals surface area contributed by atoms with Gasteiger partial charge in [0.15, 0.2) is 0 Å². The Balaban J connectivity index is 1.63. The van der Waals surface area contributed by atoms with E-state index in [1.54, 1.807) is 6.07 Å². The zero-order chi connectivity index (χ0) is 19.9. The van der Waals surface area contributed by atoms with Crippen LogP contribution in [0.15, 0.2) is 42.1 Å². The van der Waals surface area contributed by atoms with Crippen molar-refractivity contribution in [3.05, 3.63) is 53.2 Å². The van der Waals surface area contributed by atoms with Gasteiger partial charge in [0.25, 0.3) is 0 Å². The van der Waals surface area contributed by atoms with Crippen molar-refractivity contribution in [2.45, 2.75) is 13.0 Å². The van der Waals surface area contributed by atoms with Gasteiger partial charge in [0, 0.05) is 57.2 Å². The SMILES string of the molecule is N=C/C(=C\NCc1cccc(N2CCNCC2)c1)Cc1cc(N)nc(N)c1N. The van der Waals surface area contributed by atoms with E-state index in [4.69, 9.17) is 22.6 Å². The maximum Gasteiger partial charge on any atom is 0.149 e. The fourth-order valence-electron chi connectivity index (χ4n) is 3.25. The highest BCUT2D eigenvalue weighted by Gasteiger charge is 2.10. The van der Waals surface area contributed by atoms with Gasteiger partial charge >= 0.3 is 0 Å². The predicted octanol–water partition coefficient (Wildman–Crippen LogP) is 1.10. The number of aromatic nitrogens is 1. The number of nitrogen functional groups attached to an aromatic ring is 3. The molecule has 0 bridgehead atoms. The number of rotatable bonds is 7. The fourth-order valence-corrected chi connectivity index (χ4v) is 3.25. The molecule has 8 heteroatoms. The Labute approximate surface area is 165 Å². The largest absolute Gasteiger partial charge is 0.396 e. The Morgan fingerprint density at radius 2 is 2.00 bits per heavy atom. The summed E-state index contributed by atoms with van der Waals surface area (Å²) >= 11 is 0. The Morgan fingerprint density at radius 3 is 2.75 bits per heavy atom. The summed E-state index contributed by atoms with van der Waals surface area (Å²) in [4.78, 5) is 6.33. The van der Waals surface area contributed by atoms with Gasteiger partial charge in [-0.15, -0.1) is 0 Å². The standard InChI is InChI=1S/C20H28N8/c21-11-15(8-16-10-18(22)27-20(24)19(16)23)13-26-12-14-2-1-3-17(9-14)28-6-4-25-5-7-28/h1-3,9-11,13,21,25-26H,4-8,12,23H2,(H4,22,24,27)/b15-13-,21-11?. The number of allylic oxidation sites excluding steroid dienone is 1. The van der Waals surface area contributed by atoms with Crippen molar-refractivity contribution >= 4 is 29.2 Å². The molecular weight excluding hydrogens is 352 g/mol. The smallest absolute Gasteiger partial charge is 0.149 e. The number of hydrogen-bond acceptors (Lipinski definition) is 8. The summed E-state index contributed by atoms with van der Waals surface area (Å²) in [7, 11) is 0. The number of nitrogens with zero attached hydrogens (tertiary/aromatic N) is 2. The van der Waals surface area contributed by atoms with Gasteiger partial charge in [-0.1, -0.05) is 12.1 Å². The Hall–Kier alpha value is -3.26. The summed E-state index contributed by atoms with van der Waals surface area (Å²) in [6.45, 7) is 4.75. The van der Waals surface area contributed by atoms with Crippen molar-refractivity contribution in [3.63, 3.8) is 0 Å². The molecule has 1 aliphatic rings. The minimum absolute atomic E-state index is 0.219. The summed E-state index contributed by atoms with van der Waals surface area (Å²) in [6, 6.07) is 10.2. The first kappa shape index (κ1) is 19.5. The van der Waals surface area contributed by atoms with E-state index < -0.39 is 0 Å². The summed E-state index contributed by atoms with van der Waals surface area (Å²) in [5.41, 5.74) is 21.9. The van der Waals surface area contributed by atoms with Crippen LogP contribution in [0.2, 0.25) is 0 Å². The van der Waals surface area contributed by atoms with Crippen LogP contribution in [0.4, 0.5) is 23.0 Å². The van der Waals surface area contributed by atoms with E-state index in [1.807, 2.05) is 6.20 Å². The van der Waals surface area contributed by atoms with E-state index in [0.717, 1.165) is 37.3 Å². The van der Waals surface area contributed by atoms with Gasteiger partial charge in [-0.25, -0.2) is 4.98 Å². The molecule has 0 radical (unpaired) electrons. The van der Waals surface area contributed by atoms with Crippen molar-refractivity contribution in [1.82, 2.24) is 15.6 Å². The predicted molar refractivity (Wildman–Crippen MR) is 116 cm³/mol. The fraction of sp³-hybridized carbons (Fsp3) is 0.300. The summed E-state index contributed by atoms with van der Waals surface area (Å²) in [6.07, 6.45) is 3.59. The number of anilines is 4. The van der Waals surface area contributed by atoms with Crippen molar-refractivity contribution in [3.8, 4) is 0 Å². The highest BCUT2D eigenvalue weighted by molar-refractivity contribution is 5.78. The molecule has 0 amide bonds. The van der Waals surface area contributed by atoms with E-state index in [1.165, 1.54) is 17.5 Å². The van der Waals surface area contributed by atoms with Gasteiger partial charge in [0.2, 0.25) is 0 Å². The Morgan fingerprint density at radius 1 is 1.21 bits per heavy atom. The number of pyridine rings is 1. The molecule has 9 N–H and O–H groups in total. The lowest BCUT2D eigenvalue weighted by molar-refractivity contribution is 0.589. The van der Waals surface area contributed by atoms with Gasteiger partial charge in [0.05, 0.1) is 5.69 Å². The molecule has 28 heavy (non-hydrogen) atoms. The third-order valence-electron chi connectivity index (χ3n) is 4.76. The lowest BCUT2D eigenvalue weighted by Crippen LogP contribution is -2.43. The normalized spacial score (nSPS) is 14.7. The molecule has 1 aromatic heterocycles. The van der Waals surface area contributed by atoms with E-state index >= 15 is 0 Å². The Kier molecular flexibility index (Phi) is 6.33. The van der Waals surface area contributed by atoms with Crippen LogP contribution < -0.4 is 32.7 Å². The molecule has 0 unspecified atom stereocenters. The van der Waals surface area contributed by atoms with E-state index in [0.29, 0.717) is 24.5 Å². The molecule has 0 aliphatic carbocycles. The van der Waals surface area contributed by atoms with Crippen LogP contribution >= 0.6 is 0 Å². The molecule has 2 heterocycles. The number of nitrogens with two attached hydrogens (primary N) is 3. The first-order chi connectivity index (χ1) is 13.6. The topological polar surface area (TPSA) is 142 Å². The van der Waals surface area contributed by atoms with Crippen molar-refractivity contribution in [2.75, 3.05) is 48.3 Å². The number of hydrogen-bond donors (Lipinski definition) is 6. The zero-order valence-electron chi connectivity index (χ0n) is 15.9. The monoisotopic (exact) mass is 380 g/mol. The zero-order valence-corrected chi connectivity index (χ0v) is 15.9. The molecule has 1 fully saturated rings. The average Bonchev–Trinajstić information content (AvgIpc) is 2.71. The lowest BCUT2D eigenvalue weighted by atomic mass is 10.1. The number of nitrogens with one attached hydrogen (secondary N) is 3. The van der Waals surface area contributed by atoms with Crippen LogP contribution in [0.3, 0.4) is 0 Å². The molecule has 3 rings (SSSR count). The second-order valence-electron chi connectivity index (χ2n) is 6.83. The Bertz CT molecular complexity index is 855. The molecule has 0 atom stereocenters. The summed E-state index contributed by atoms with van der Waals surface area (Å²) in [5, 5.41) is 14.3. The molecule has 1 saturated heterocycles. The average molecular weight is 381 g/mol. The lowest BCUT2D eigenvalue weighted by Gasteiger charge is -2.29. The third kappa shape index (κ3) is 4.92. The molecule has 148 valence electrons. The van der Waals surface area contributed by atoms with Gasteiger partial charge in [-0.3, -0.25) is 0 Å². The molecule has 1 aromatic carbocycles. The van der Waals surface area contributed by atoms with Crippen molar-refractivity contribution in [2.24, 2.45) is 0 Å². The molecule has 1 aliphatic heterocycles. The minimum Gasteiger partial charge on any atom is -0.396 e. The third-order valence-corrected chi connectivity index (χ3v) is 4.76. The van der Waals surface area contributed by atoms with Crippen LogP contribution in [0, 0.1) is 5.41 Å². The van der Waals surface area contributed by atoms with Gasteiger partial charge in [-0.05, 0) is 34.9 Å². The van der Waals surface area contributed by atoms with Crippen LogP contribution in [-0.4, -0.2) is 37.4 Å². The first-order valence-electron chi connectivity index (χ1n) is 9.34. The van der Waals surface area contributed by atoms with Crippen molar-refractivity contribution in [1.29, 1.82) is 5.41 Å². The second kappa shape index (κ2) is 9.09. The maximum absolute atomic E-state index is 7.67. The molecule has 0 saturated carbocycles. The quantitative estimate of drug-likeness (QED) is 0.395. The molecular formula is C20H28N8. The second-order valence-corrected chi connectivity index (χ2v) is 6.83. The van der Waals surface area contributed by atoms with E-state index in [-0.39, 0.29) is 5.82 Å². The minimum atomic E-state index is 0.219. The van der Waals surface area contributed by atoms with E-state index in [2.05, 4.69) is 44.8 Å². The van der Waals surface area contributed by atoms with Gasteiger partial charge < -0.3 is 38.1 Å². The van der Waals surface area contributed by atoms with Gasteiger partial charge in [0.1, 0.15) is 11.6 Å². The highest BCUT2D eigenvalue weighted by atomic mass is 15.2. The van der Waals surface area contributed by atoms with Crippen molar-refractivity contribution < 1.29 is 0 Å². The van der Waals surface area contributed by atoms with E-state index in [9.17, 15) is 0 Å². The van der Waals surface area contributed by atoms with Crippen LogP contribution in [0.25, 0.3) is 0 Å². The molecule has 8 nitrogen and oxygen atoms in total. The summed E-state index contributed by atoms with van der Waals surface area (Å²) in [5.74, 6) is 0.542. The van der Waals surface area contributed by atoms with Crippen LogP contribution in [0.5, 0.6) is 0 Å².